The Hall–Kier alpha value is -2.22. The number of benzene rings is 2. The molecule has 2 saturated heterocycles. The summed E-state index contributed by atoms with van der Waals surface area (Å²) in [7, 11) is -3.46. The zero-order valence-corrected chi connectivity index (χ0v) is 18.7. The van der Waals surface area contributed by atoms with Gasteiger partial charge in [0.05, 0.1) is 4.90 Å². The molecular weight excluding hydrogens is 410 g/mol. The third kappa shape index (κ3) is 5.53. The van der Waals surface area contributed by atoms with E-state index < -0.39 is 10.0 Å². The van der Waals surface area contributed by atoms with E-state index in [1.165, 1.54) is 41.3 Å². The Morgan fingerprint density at radius 2 is 1.48 bits per heavy atom. The molecule has 4 rings (SSSR count). The molecule has 1 N–H and O–H groups in total. The smallest absolute Gasteiger partial charge is 0.251 e. The molecule has 0 radical (unpaired) electrons. The van der Waals surface area contributed by atoms with Gasteiger partial charge in [-0.2, -0.15) is 4.31 Å². The third-order valence-corrected chi connectivity index (χ3v) is 8.03. The Morgan fingerprint density at radius 1 is 0.839 bits per heavy atom. The minimum absolute atomic E-state index is 0.202. The van der Waals surface area contributed by atoms with Crippen LogP contribution >= 0.6 is 0 Å². The fraction of sp³-hybridized carbons (Fsp3) is 0.458. The van der Waals surface area contributed by atoms with E-state index in [2.05, 4.69) is 22.3 Å². The molecule has 2 aliphatic rings. The topological polar surface area (TPSA) is 69.7 Å². The second kappa shape index (κ2) is 9.94. The zero-order valence-electron chi connectivity index (χ0n) is 17.9. The molecule has 0 spiro atoms. The van der Waals surface area contributed by atoms with Crippen LogP contribution in [0.5, 0.6) is 0 Å². The highest BCUT2D eigenvalue weighted by molar-refractivity contribution is 7.89. The quantitative estimate of drug-likeness (QED) is 0.715. The molecule has 7 heteroatoms. The molecule has 2 heterocycles. The Kier molecular flexibility index (Phi) is 7.05. The fourth-order valence-electron chi connectivity index (χ4n) is 4.35. The van der Waals surface area contributed by atoms with E-state index in [-0.39, 0.29) is 10.8 Å². The summed E-state index contributed by atoms with van der Waals surface area (Å²) in [4.78, 5) is 15.3. The number of nitrogens with one attached hydrogen (secondary N) is 1. The Balaban J connectivity index is 1.34. The molecule has 2 aromatic carbocycles. The van der Waals surface area contributed by atoms with Crippen LogP contribution in [0.3, 0.4) is 0 Å². The predicted octanol–water partition coefficient (Wildman–Crippen LogP) is 3.39. The predicted molar refractivity (Wildman–Crippen MR) is 121 cm³/mol. The van der Waals surface area contributed by atoms with Crippen LogP contribution in [-0.4, -0.2) is 49.7 Å². The SMILES string of the molecule is O=C(NCc1cccc(CN2CCCCC2)c1)c1ccc(S(=O)(=O)N2CCCC2)cc1. The molecule has 1 amide bonds. The van der Waals surface area contributed by atoms with Gasteiger partial charge in [-0.25, -0.2) is 8.42 Å². The van der Waals surface area contributed by atoms with Crippen molar-refractivity contribution < 1.29 is 13.2 Å². The molecule has 0 aliphatic carbocycles. The van der Waals surface area contributed by atoms with E-state index >= 15 is 0 Å². The summed E-state index contributed by atoms with van der Waals surface area (Å²) in [5.41, 5.74) is 2.80. The number of hydrogen-bond acceptors (Lipinski definition) is 4. The Bertz CT molecular complexity index is 993. The minimum atomic E-state index is -3.46. The number of carbonyl (C=O) groups excluding carboxylic acids is 1. The molecule has 2 aliphatic heterocycles. The second-order valence-corrected chi connectivity index (χ2v) is 10.4. The molecular formula is C24H31N3O3S. The van der Waals surface area contributed by atoms with E-state index in [1.807, 2.05) is 12.1 Å². The number of amides is 1. The van der Waals surface area contributed by atoms with Crippen molar-refractivity contribution in [3.63, 3.8) is 0 Å². The number of sulfonamides is 1. The highest BCUT2D eigenvalue weighted by atomic mass is 32.2. The van der Waals surface area contributed by atoms with E-state index in [1.54, 1.807) is 12.1 Å². The van der Waals surface area contributed by atoms with Crippen LogP contribution in [0.15, 0.2) is 53.4 Å². The summed E-state index contributed by atoms with van der Waals surface area (Å²) in [6, 6.07) is 14.6. The van der Waals surface area contributed by atoms with Crippen molar-refractivity contribution in [2.45, 2.75) is 50.1 Å². The standard InChI is InChI=1S/C24H31N3O3S/c28-24(22-9-11-23(12-10-22)31(29,30)27-15-4-5-16-27)25-18-20-7-6-8-21(17-20)19-26-13-2-1-3-14-26/h6-12,17H,1-5,13-16,18-19H2,(H,25,28). The molecule has 6 nitrogen and oxygen atoms in total. The van der Waals surface area contributed by atoms with Crippen LogP contribution in [0.2, 0.25) is 0 Å². The van der Waals surface area contributed by atoms with Crippen molar-refractivity contribution in [2.75, 3.05) is 26.2 Å². The summed E-state index contributed by atoms with van der Waals surface area (Å²) < 4.78 is 26.8. The average molecular weight is 442 g/mol. The van der Waals surface area contributed by atoms with Gasteiger partial charge in [-0.15, -0.1) is 0 Å². The lowest BCUT2D eigenvalue weighted by Crippen LogP contribution is -2.29. The molecule has 0 bridgehead atoms. The van der Waals surface area contributed by atoms with Crippen LogP contribution in [0.25, 0.3) is 0 Å². The first-order chi connectivity index (χ1) is 15.0. The lowest BCUT2D eigenvalue weighted by atomic mass is 10.1. The van der Waals surface area contributed by atoms with Gasteiger partial charge in [0.15, 0.2) is 0 Å². The van der Waals surface area contributed by atoms with E-state index in [4.69, 9.17) is 0 Å². The van der Waals surface area contributed by atoms with Crippen LogP contribution in [0.1, 0.15) is 53.6 Å². The third-order valence-electron chi connectivity index (χ3n) is 6.12. The maximum atomic E-state index is 12.6. The molecule has 2 fully saturated rings. The summed E-state index contributed by atoms with van der Waals surface area (Å²) >= 11 is 0. The highest BCUT2D eigenvalue weighted by Gasteiger charge is 2.27. The van der Waals surface area contributed by atoms with Gasteiger partial charge in [0.25, 0.3) is 5.91 Å². The van der Waals surface area contributed by atoms with Crippen molar-refractivity contribution in [1.82, 2.24) is 14.5 Å². The van der Waals surface area contributed by atoms with Gasteiger partial charge < -0.3 is 5.32 Å². The minimum Gasteiger partial charge on any atom is -0.348 e. The molecule has 0 saturated carbocycles. The van der Waals surface area contributed by atoms with Gasteiger partial charge in [-0.05, 0) is 74.2 Å². The number of hydrogen-bond donors (Lipinski definition) is 1. The summed E-state index contributed by atoms with van der Waals surface area (Å²) in [5.74, 6) is -0.202. The number of nitrogens with zero attached hydrogens (tertiary/aromatic N) is 2. The van der Waals surface area contributed by atoms with Crippen LogP contribution < -0.4 is 5.32 Å². The zero-order chi connectivity index (χ0) is 21.7. The van der Waals surface area contributed by atoms with E-state index in [0.717, 1.165) is 38.0 Å². The maximum Gasteiger partial charge on any atom is 0.251 e. The van der Waals surface area contributed by atoms with Gasteiger partial charge in [0.2, 0.25) is 10.0 Å². The van der Waals surface area contributed by atoms with Gasteiger partial charge in [-0.3, -0.25) is 9.69 Å². The Labute approximate surface area is 185 Å². The molecule has 166 valence electrons. The summed E-state index contributed by atoms with van der Waals surface area (Å²) in [5, 5.41) is 2.95. The highest BCUT2D eigenvalue weighted by Crippen LogP contribution is 2.21. The number of likely N-dealkylation sites (tertiary alicyclic amines) is 1. The summed E-state index contributed by atoms with van der Waals surface area (Å²) in [6.07, 6.45) is 5.67. The van der Waals surface area contributed by atoms with E-state index in [0.29, 0.717) is 25.2 Å². The number of carbonyl (C=O) groups is 1. The maximum absolute atomic E-state index is 12.6. The molecule has 0 aromatic heterocycles. The second-order valence-electron chi connectivity index (χ2n) is 8.48. The van der Waals surface area contributed by atoms with Crippen LogP contribution in [0.4, 0.5) is 0 Å². The lowest BCUT2D eigenvalue weighted by Gasteiger charge is -2.26. The first-order valence-corrected chi connectivity index (χ1v) is 12.6. The van der Waals surface area contributed by atoms with Crippen molar-refractivity contribution in [3.8, 4) is 0 Å². The van der Waals surface area contributed by atoms with Crippen LogP contribution in [0, 0.1) is 0 Å². The molecule has 2 aromatic rings. The van der Waals surface area contributed by atoms with Gasteiger partial charge in [0.1, 0.15) is 0 Å². The normalized spacial score (nSPS) is 18.2. The van der Waals surface area contributed by atoms with Gasteiger partial charge in [0, 0.05) is 31.7 Å². The largest absolute Gasteiger partial charge is 0.348 e. The average Bonchev–Trinajstić information content (AvgIpc) is 3.35. The van der Waals surface area contributed by atoms with E-state index in [9.17, 15) is 13.2 Å². The monoisotopic (exact) mass is 441 g/mol. The summed E-state index contributed by atoms with van der Waals surface area (Å²) in [6.45, 7) is 4.85. The lowest BCUT2D eigenvalue weighted by molar-refractivity contribution is 0.0950. The molecule has 0 unspecified atom stereocenters. The number of rotatable bonds is 7. The molecule has 0 atom stereocenters. The Morgan fingerprint density at radius 3 is 2.19 bits per heavy atom. The number of piperidine rings is 1. The van der Waals surface area contributed by atoms with Gasteiger partial charge >= 0.3 is 0 Å². The fourth-order valence-corrected chi connectivity index (χ4v) is 5.87. The van der Waals surface area contributed by atoms with Crippen molar-refractivity contribution in [3.05, 3.63) is 65.2 Å². The first-order valence-electron chi connectivity index (χ1n) is 11.2. The molecule has 31 heavy (non-hydrogen) atoms. The van der Waals surface area contributed by atoms with Crippen molar-refractivity contribution >= 4 is 15.9 Å². The van der Waals surface area contributed by atoms with Crippen molar-refractivity contribution in [1.29, 1.82) is 0 Å². The first kappa shape index (κ1) is 22.0. The van der Waals surface area contributed by atoms with Crippen molar-refractivity contribution in [2.24, 2.45) is 0 Å². The van der Waals surface area contributed by atoms with Crippen LogP contribution in [-0.2, 0) is 23.1 Å². The van der Waals surface area contributed by atoms with Gasteiger partial charge in [-0.1, -0.05) is 30.7 Å².